The van der Waals surface area contributed by atoms with Crippen molar-refractivity contribution in [3.05, 3.63) is 59.7 Å². The molecule has 0 atom stereocenters. The van der Waals surface area contributed by atoms with Crippen LogP contribution in [-0.4, -0.2) is 56.3 Å². The van der Waals surface area contributed by atoms with Gasteiger partial charge in [0.05, 0.1) is 16.0 Å². The van der Waals surface area contributed by atoms with Crippen LogP contribution in [0, 0.1) is 11.3 Å². The zero-order valence-corrected chi connectivity index (χ0v) is 17.0. The highest BCUT2D eigenvalue weighted by atomic mass is 32.2. The lowest BCUT2D eigenvalue weighted by molar-refractivity contribution is -0.141. The number of rotatable bonds is 5. The molecule has 0 unspecified atom stereocenters. The molecule has 0 saturated carbocycles. The van der Waals surface area contributed by atoms with E-state index in [-0.39, 0.29) is 36.6 Å². The Hall–Kier alpha value is -3.10. The monoisotopic (exact) mass is 453 g/mol. The van der Waals surface area contributed by atoms with Crippen LogP contribution < -0.4 is 4.74 Å². The number of alkyl halides is 3. The minimum atomic E-state index is -4.61. The number of carbonyl (C=O) groups excluding carboxylic acids is 1. The third-order valence-corrected chi connectivity index (χ3v) is 6.72. The first-order valence-electron chi connectivity index (χ1n) is 9.20. The number of amides is 1. The molecule has 1 aliphatic heterocycles. The van der Waals surface area contributed by atoms with Gasteiger partial charge in [-0.3, -0.25) is 4.79 Å². The zero-order valence-electron chi connectivity index (χ0n) is 16.2. The first-order chi connectivity index (χ1) is 14.6. The average Bonchev–Trinajstić information content (AvgIpc) is 2.77. The molecule has 1 aliphatic rings. The normalized spacial score (nSPS) is 15.4. The maximum absolute atomic E-state index is 13.0. The van der Waals surface area contributed by atoms with E-state index in [2.05, 4.69) is 0 Å². The summed E-state index contributed by atoms with van der Waals surface area (Å²) in [5, 5.41) is 9.15. The van der Waals surface area contributed by atoms with Gasteiger partial charge in [0.2, 0.25) is 10.0 Å². The van der Waals surface area contributed by atoms with E-state index in [0.717, 1.165) is 12.1 Å². The van der Waals surface area contributed by atoms with Crippen molar-refractivity contribution in [3.8, 4) is 11.8 Å². The van der Waals surface area contributed by atoms with Crippen LogP contribution in [-0.2, 0) is 21.0 Å². The molecule has 3 rings (SSSR count). The van der Waals surface area contributed by atoms with Crippen LogP contribution in [0.2, 0.25) is 0 Å². The largest absolute Gasteiger partial charge is 0.483 e. The molecule has 1 saturated heterocycles. The van der Waals surface area contributed by atoms with E-state index >= 15 is 0 Å². The average molecular weight is 453 g/mol. The molecule has 0 radical (unpaired) electrons. The van der Waals surface area contributed by atoms with Gasteiger partial charge < -0.3 is 9.64 Å². The Bertz CT molecular complexity index is 1110. The number of hydrogen-bond donors (Lipinski definition) is 0. The molecular formula is C20H18F3N3O4S. The summed E-state index contributed by atoms with van der Waals surface area (Å²) in [6, 6.07) is 12.3. The molecule has 0 spiro atoms. The highest BCUT2D eigenvalue weighted by Crippen LogP contribution is 2.35. The predicted octanol–water partition coefficient (Wildman–Crippen LogP) is 2.49. The fourth-order valence-electron chi connectivity index (χ4n) is 3.16. The number of hydrogen-bond acceptors (Lipinski definition) is 5. The molecular weight excluding hydrogens is 435 g/mol. The summed E-state index contributed by atoms with van der Waals surface area (Å²) in [6.45, 7) is -0.509. The van der Waals surface area contributed by atoms with E-state index in [1.807, 2.05) is 6.07 Å². The van der Waals surface area contributed by atoms with Crippen LogP contribution in [0.25, 0.3) is 0 Å². The summed E-state index contributed by atoms with van der Waals surface area (Å²) in [7, 11) is -3.91. The molecule has 1 amide bonds. The number of sulfonamides is 1. The Labute approximate surface area is 177 Å². The van der Waals surface area contributed by atoms with Gasteiger partial charge in [-0.1, -0.05) is 24.3 Å². The quantitative estimate of drug-likeness (QED) is 0.694. The van der Waals surface area contributed by atoms with Gasteiger partial charge in [0.25, 0.3) is 5.91 Å². The lowest BCUT2D eigenvalue weighted by atomic mass is 10.2. The van der Waals surface area contributed by atoms with Gasteiger partial charge in [-0.15, -0.1) is 0 Å². The Morgan fingerprint density at radius 2 is 1.65 bits per heavy atom. The smallest absolute Gasteiger partial charge is 0.419 e. The Balaban J connectivity index is 1.62. The predicted molar refractivity (Wildman–Crippen MR) is 103 cm³/mol. The minimum absolute atomic E-state index is 0.00697. The lowest BCUT2D eigenvalue weighted by Crippen LogP contribution is -2.51. The van der Waals surface area contributed by atoms with E-state index < -0.39 is 40.0 Å². The van der Waals surface area contributed by atoms with Crippen molar-refractivity contribution < 1.29 is 31.1 Å². The lowest BCUT2D eigenvalue weighted by Gasteiger charge is -2.34. The van der Waals surface area contributed by atoms with Crippen LogP contribution in [0.1, 0.15) is 11.1 Å². The maximum Gasteiger partial charge on any atom is 0.419 e. The van der Waals surface area contributed by atoms with Crippen LogP contribution in [0.5, 0.6) is 5.75 Å². The van der Waals surface area contributed by atoms with E-state index in [1.165, 1.54) is 39.5 Å². The molecule has 0 N–H and O–H groups in total. The van der Waals surface area contributed by atoms with Crippen molar-refractivity contribution in [2.45, 2.75) is 11.1 Å². The number of nitrogens with zero attached hydrogens (tertiary/aromatic N) is 3. The number of piperazine rings is 1. The number of nitriles is 1. The second-order valence-corrected chi connectivity index (χ2v) is 8.58. The number of carbonyl (C=O) groups is 1. The van der Waals surface area contributed by atoms with Crippen LogP contribution in [0.15, 0.2) is 53.4 Å². The zero-order chi connectivity index (χ0) is 22.6. The van der Waals surface area contributed by atoms with E-state index in [0.29, 0.717) is 0 Å². The van der Waals surface area contributed by atoms with Gasteiger partial charge in [-0.05, 0) is 24.3 Å². The number of benzene rings is 2. The molecule has 2 aromatic rings. The van der Waals surface area contributed by atoms with E-state index in [4.69, 9.17) is 10.00 Å². The topological polar surface area (TPSA) is 90.7 Å². The summed E-state index contributed by atoms with van der Waals surface area (Å²) in [6.07, 6.45) is -4.61. The van der Waals surface area contributed by atoms with Crippen molar-refractivity contribution in [3.63, 3.8) is 0 Å². The summed E-state index contributed by atoms with van der Waals surface area (Å²) in [5.41, 5.74) is -0.951. The van der Waals surface area contributed by atoms with Gasteiger partial charge in [0.1, 0.15) is 11.8 Å². The molecule has 1 fully saturated rings. The van der Waals surface area contributed by atoms with Crippen molar-refractivity contribution >= 4 is 15.9 Å². The Kier molecular flexibility index (Phi) is 6.52. The summed E-state index contributed by atoms with van der Waals surface area (Å²) in [4.78, 5) is 13.6. The molecule has 2 aromatic carbocycles. The van der Waals surface area contributed by atoms with Gasteiger partial charge in [0.15, 0.2) is 6.61 Å². The number of para-hydroxylation sites is 1. The SMILES string of the molecule is N#Cc1ccccc1S(=O)(=O)N1CCN(C(=O)COc2ccccc2C(F)(F)F)CC1. The maximum atomic E-state index is 13.0. The van der Waals surface area contributed by atoms with Gasteiger partial charge in [-0.25, -0.2) is 8.42 Å². The molecule has 11 heteroatoms. The van der Waals surface area contributed by atoms with Crippen molar-refractivity contribution in [1.82, 2.24) is 9.21 Å². The number of ether oxygens (including phenoxy) is 1. The van der Waals surface area contributed by atoms with Crippen LogP contribution >= 0.6 is 0 Å². The van der Waals surface area contributed by atoms with Crippen LogP contribution in [0.3, 0.4) is 0 Å². The highest BCUT2D eigenvalue weighted by molar-refractivity contribution is 7.89. The van der Waals surface area contributed by atoms with E-state index in [1.54, 1.807) is 6.07 Å². The first-order valence-corrected chi connectivity index (χ1v) is 10.6. The van der Waals surface area contributed by atoms with Gasteiger partial charge in [0, 0.05) is 26.2 Å². The minimum Gasteiger partial charge on any atom is -0.483 e. The molecule has 164 valence electrons. The summed E-state index contributed by atoms with van der Waals surface area (Å²) >= 11 is 0. The number of halogens is 3. The second kappa shape index (κ2) is 8.95. The highest BCUT2D eigenvalue weighted by Gasteiger charge is 2.35. The summed E-state index contributed by atoms with van der Waals surface area (Å²) < 4.78 is 71.0. The molecule has 31 heavy (non-hydrogen) atoms. The molecule has 1 heterocycles. The molecule has 0 bridgehead atoms. The molecule has 0 aromatic heterocycles. The Morgan fingerprint density at radius 1 is 1.03 bits per heavy atom. The first kappa shape index (κ1) is 22.6. The standard InChI is InChI=1S/C20H18F3N3O4S/c21-20(22,23)16-6-2-3-7-17(16)30-14-19(27)25-9-11-26(12-10-25)31(28,29)18-8-4-1-5-15(18)13-24/h1-8H,9-12,14H2. The van der Waals surface area contributed by atoms with Crippen molar-refractivity contribution in [1.29, 1.82) is 5.26 Å². The fourth-order valence-corrected chi connectivity index (χ4v) is 4.72. The van der Waals surface area contributed by atoms with Crippen molar-refractivity contribution in [2.24, 2.45) is 0 Å². The van der Waals surface area contributed by atoms with Gasteiger partial charge >= 0.3 is 6.18 Å². The van der Waals surface area contributed by atoms with Crippen molar-refractivity contribution in [2.75, 3.05) is 32.8 Å². The fraction of sp³-hybridized carbons (Fsp3) is 0.300. The van der Waals surface area contributed by atoms with Gasteiger partial charge in [-0.2, -0.15) is 22.7 Å². The Morgan fingerprint density at radius 3 is 2.29 bits per heavy atom. The van der Waals surface area contributed by atoms with E-state index in [9.17, 15) is 26.4 Å². The second-order valence-electron chi connectivity index (χ2n) is 6.68. The third kappa shape index (κ3) is 4.98. The summed E-state index contributed by atoms with van der Waals surface area (Å²) in [5.74, 6) is -0.996. The molecule has 7 nitrogen and oxygen atoms in total. The molecule has 0 aliphatic carbocycles. The third-order valence-electron chi connectivity index (χ3n) is 4.76. The van der Waals surface area contributed by atoms with Crippen LogP contribution in [0.4, 0.5) is 13.2 Å².